The van der Waals surface area contributed by atoms with E-state index in [2.05, 4.69) is 26.0 Å². The van der Waals surface area contributed by atoms with Crippen LogP contribution in [0.2, 0.25) is 0 Å². The molecule has 0 aromatic heterocycles. The monoisotopic (exact) mass is 338 g/mol. The average Bonchev–Trinajstić information content (AvgIpc) is 2.53. The van der Waals surface area contributed by atoms with Gasteiger partial charge in [0.25, 0.3) is 0 Å². The summed E-state index contributed by atoms with van der Waals surface area (Å²) in [6.45, 7) is 4.39. The summed E-state index contributed by atoms with van der Waals surface area (Å²) in [6.07, 6.45) is 13.1. The SMILES string of the molecule is CCCCCC1C(CCC)C=CC(CCC(=O)O)C1CCC(=O)O. The molecule has 2 N–H and O–H groups in total. The summed E-state index contributed by atoms with van der Waals surface area (Å²) in [5, 5.41) is 18.1. The molecule has 1 rings (SSSR count). The van der Waals surface area contributed by atoms with Crippen molar-refractivity contribution in [1.82, 2.24) is 0 Å². The van der Waals surface area contributed by atoms with Gasteiger partial charge in [-0.25, -0.2) is 0 Å². The van der Waals surface area contributed by atoms with Gasteiger partial charge in [0.1, 0.15) is 0 Å². The molecule has 4 unspecified atom stereocenters. The molecular formula is C20H34O4. The van der Waals surface area contributed by atoms with E-state index < -0.39 is 11.9 Å². The van der Waals surface area contributed by atoms with Gasteiger partial charge in [-0.3, -0.25) is 9.59 Å². The second kappa shape index (κ2) is 11.3. The van der Waals surface area contributed by atoms with Gasteiger partial charge in [0.05, 0.1) is 0 Å². The first-order valence-electron chi connectivity index (χ1n) is 9.61. The summed E-state index contributed by atoms with van der Waals surface area (Å²) in [5.41, 5.74) is 0. The van der Waals surface area contributed by atoms with Crippen LogP contribution >= 0.6 is 0 Å². The fraction of sp³-hybridized carbons (Fsp3) is 0.800. The smallest absolute Gasteiger partial charge is 0.303 e. The van der Waals surface area contributed by atoms with Crippen LogP contribution in [0.4, 0.5) is 0 Å². The fourth-order valence-corrected chi connectivity index (χ4v) is 4.23. The second-order valence-electron chi connectivity index (χ2n) is 7.19. The molecule has 0 heterocycles. The van der Waals surface area contributed by atoms with E-state index >= 15 is 0 Å². The molecule has 4 heteroatoms. The molecule has 0 amide bonds. The lowest BCUT2D eigenvalue weighted by Gasteiger charge is -2.40. The highest BCUT2D eigenvalue weighted by atomic mass is 16.4. The van der Waals surface area contributed by atoms with Crippen molar-refractivity contribution in [2.45, 2.75) is 78.1 Å². The highest BCUT2D eigenvalue weighted by molar-refractivity contribution is 5.67. The number of allylic oxidation sites excluding steroid dienone is 2. The van der Waals surface area contributed by atoms with Crippen LogP contribution in [0.15, 0.2) is 12.2 Å². The molecule has 0 aromatic carbocycles. The maximum absolute atomic E-state index is 11.1. The van der Waals surface area contributed by atoms with Crippen molar-refractivity contribution in [3.05, 3.63) is 12.2 Å². The normalized spacial score (nSPS) is 26.4. The number of carboxylic acids is 2. The molecule has 0 bridgehead atoms. The van der Waals surface area contributed by atoms with E-state index in [9.17, 15) is 9.59 Å². The average molecular weight is 338 g/mol. The minimum absolute atomic E-state index is 0.165. The molecule has 0 saturated carbocycles. The maximum Gasteiger partial charge on any atom is 0.303 e. The Morgan fingerprint density at radius 3 is 1.83 bits per heavy atom. The quantitative estimate of drug-likeness (QED) is 0.382. The van der Waals surface area contributed by atoms with E-state index in [1.807, 2.05) is 0 Å². The molecule has 0 aromatic rings. The van der Waals surface area contributed by atoms with Crippen molar-refractivity contribution < 1.29 is 19.8 Å². The Balaban J connectivity index is 2.89. The van der Waals surface area contributed by atoms with Gasteiger partial charge in [-0.2, -0.15) is 0 Å². The minimum Gasteiger partial charge on any atom is -0.481 e. The van der Waals surface area contributed by atoms with Crippen LogP contribution in [0.3, 0.4) is 0 Å². The van der Waals surface area contributed by atoms with Gasteiger partial charge in [-0.05, 0) is 49.4 Å². The molecule has 4 atom stereocenters. The largest absolute Gasteiger partial charge is 0.481 e. The van der Waals surface area contributed by atoms with Crippen LogP contribution < -0.4 is 0 Å². The summed E-state index contributed by atoms with van der Waals surface area (Å²) in [4.78, 5) is 22.0. The van der Waals surface area contributed by atoms with Gasteiger partial charge in [-0.15, -0.1) is 0 Å². The highest BCUT2D eigenvalue weighted by Crippen LogP contribution is 2.43. The molecule has 0 saturated heterocycles. The summed E-state index contributed by atoms with van der Waals surface area (Å²) >= 11 is 0. The molecule has 1 aliphatic carbocycles. The van der Waals surface area contributed by atoms with E-state index in [1.54, 1.807) is 0 Å². The Kier molecular flexibility index (Phi) is 9.73. The van der Waals surface area contributed by atoms with Crippen molar-refractivity contribution in [3.8, 4) is 0 Å². The third-order valence-corrected chi connectivity index (χ3v) is 5.40. The first-order chi connectivity index (χ1) is 11.5. The van der Waals surface area contributed by atoms with Crippen LogP contribution in [0.25, 0.3) is 0 Å². The Hall–Kier alpha value is -1.32. The van der Waals surface area contributed by atoms with Gasteiger partial charge in [0.2, 0.25) is 0 Å². The first-order valence-corrected chi connectivity index (χ1v) is 9.61. The van der Waals surface area contributed by atoms with Gasteiger partial charge >= 0.3 is 11.9 Å². The van der Waals surface area contributed by atoms with Crippen LogP contribution in [0, 0.1) is 23.7 Å². The number of hydrogen-bond donors (Lipinski definition) is 2. The van der Waals surface area contributed by atoms with Crippen molar-refractivity contribution in [2.75, 3.05) is 0 Å². The number of hydrogen-bond acceptors (Lipinski definition) is 2. The Morgan fingerprint density at radius 2 is 1.29 bits per heavy atom. The van der Waals surface area contributed by atoms with E-state index in [1.165, 1.54) is 19.3 Å². The van der Waals surface area contributed by atoms with E-state index in [0.29, 0.717) is 30.6 Å². The Morgan fingerprint density at radius 1 is 0.750 bits per heavy atom. The number of carbonyl (C=O) groups is 2. The molecule has 138 valence electrons. The maximum atomic E-state index is 11.1. The molecule has 1 aliphatic rings. The van der Waals surface area contributed by atoms with Gasteiger partial charge in [-0.1, -0.05) is 51.7 Å². The van der Waals surface area contributed by atoms with Crippen LogP contribution in [-0.2, 0) is 9.59 Å². The molecule has 0 aliphatic heterocycles. The predicted molar refractivity (Wildman–Crippen MR) is 95.9 cm³/mol. The lowest BCUT2D eigenvalue weighted by atomic mass is 9.65. The number of unbranched alkanes of at least 4 members (excludes halogenated alkanes) is 2. The van der Waals surface area contributed by atoms with Gasteiger partial charge in [0.15, 0.2) is 0 Å². The third-order valence-electron chi connectivity index (χ3n) is 5.40. The topological polar surface area (TPSA) is 74.6 Å². The summed E-state index contributed by atoms with van der Waals surface area (Å²) < 4.78 is 0. The molecular weight excluding hydrogens is 304 g/mol. The summed E-state index contributed by atoms with van der Waals surface area (Å²) in [7, 11) is 0. The lowest BCUT2D eigenvalue weighted by Crippen LogP contribution is -2.32. The molecule has 24 heavy (non-hydrogen) atoms. The van der Waals surface area contributed by atoms with Crippen LogP contribution in [0.1, 0.15) is 78.1 Å². The molecule has 0 spiro atoms. The van der Waals surface area contributed by atoms with Gasteiger partial charge in [0, 0.05) is 12.8 Å². The fourth-order valence-electron chi connectivity index (χ4n) is 4.23. The first kappa shape index (κ1) is 20.7. The standard InChI is InChI=1S/C20H34O4/c1-3-5-6-8-17-15(7-4-2)9-10-16(11-13-19(21)22)18(17)12-14-20(23)24/h9-10,15-18H,3-8,11-14H2,1-2H3,(H,21,22)(H,23,24). The van der Waals surface area contributed by atoms with Crippen molar-refractivity contribution >= 4 is 11.9 Å². The van der Waals surface area contributed by atoms with Crippen LogP contribution in [0.5, 0.6) is 0 Å². The number of carboxylic acid groups (broad SMARTS) is 2. The number of aliphatic carboxylic acids is 2. The lowest BCUT2D eigenvalue weighted by molar-refractivity contribution is -0.139. The summed E-state index contributed by atoms with van der Waals surface area (Å²) in [6, 6.07) is 0. The molecule has 0 radical (unpaired) electrons. The number of rotatable bonds is 12. The van der Waals surface area contributed by atoms with E-state index in [-0.39, 0.29) is 18.8 Å². The van der Waals surface area contributed by atoms with Gasteiger partial charge < -0.3 is 10.2 Å². The Bertz CT molecular complexity index is 416. The second-order valence-corrected chi connectivity index (χ2v) is 7.19. The zero-order chi connectivity index (χ0) is 17.9. The molecule has 4 nitrogen and oxygen atoms in total. The van der Waals surface area contributed by atoms with Crippen molar-refractivity contribution in [1.29, 1.82) is 0 Å². The van der Waals surface area contributed by atoms with Crippen molar-refractivity contribution in [2.24, 2.45) is 23.7 Å². The Labute approximate surface area is 146 Å². The van der Waals surface area contributed by atoms with E-state index in [0.717, 1.165) is 19.3 Å². The van der Waals surface area contributed by atoms with E-state index in [4.69, 9.17) is 10.2 Å². The zero-order valence-electron chi connectivity index (χ0n) is 15.2. The third kappa shape index (κ3) is 7.06. The highest BCUT2D eigenvalue weighted by Gasteiger charge is 2.35. The van der Waals surface area contributed by atoms with Crippen molar-refractivity contribution in [3.63, 3.8) is 0 Å². The zero-order valence-corrected chi connectivity index (χ0v) is 15.2. The molecule has 0 fully saturated rings. The van der Waals surface area contributed by atoms with Crippen LogP contribution in [-0.4, -0.2) is 22.2 Å². The predicted octanol–water partition coefficient (Wildman–Crippen LogP) is 5.13. The summed E-state index contributed by atoms with van der Waals surface area (Å²) in [5.74, 6) is 0.0184. The minimum atomic E-state index is -0.765.